The lowest BCUT2D eigenvalue weighted by atomic mass is 10.1. The number of benzene rings is 1. The van der Waals surface area contributed by atoms with Crippen LogP contribution < -0.4 is 11.1 Å². The predicted octanol–water partition coefficient (Wildman–Crippen LogP) is 2.30. The molecule has 0 radical (unpaired) electrons. The summed E-state index contributed by atoms with van der Waals surface area (Å²) in [4.78, 5) is 0. The lowest BCUT2D eigenvalue weighted by molar-refractivity contribution is 0.182. The van der Waals surface area contributed by atoms with Crippen LogP contribution in [-0.4, -0.2) is 26.3 Å². The predicted molar refractivity (Wildman–Crippen MR) is 68.7 cm³/mol. The normalized spacial score (nSPS) is 12.5. The number of hydrogen-bond acceptors (Lipinski definition) is 3. The number of anilines is 1. The third-order valence-electron chi connectivity index (χ3n) is 2.67. The fourth-order valence-corrected chi connectivity index (χ4v) is 1.68. The smallest absolute Gasteiger partial charge is 0.128 e. The number of nitrogens with one attached hydrogen (secondary N) is 1. The Kier molecular flexibility index (Phi) is 5.94. The van der Waals surface area contributed by atoms with Gasteiger partial charge in [-0.05, 0) is 44.0 Å². The maximum atomic E-state index is 13.4. The summed E-state index contributed by atoms with van der Waals surface area (Å²) in [5.41, 5.74) is 6.92. The van der Waals surface area contributed by atoms with Gasteiger partial charge in [0.2, 0.25) is 0 Å². The molecule has 96 valence electrons. The van der Waals surface area contributed by atoms with Crippen molar-refractivity contribution in [1.82, 2.24) is 0 Å². The van der Waals surface area contributed by atoms with Crippen LogP contribution >= 0.6 is 0 Å². The fourth-order valence-electron chi connectivity index (χ4n) is 1.68. The Bertz CT molecular complexity index is 344. The Balaban J connectivity index is 2.61. The number of hydrogen-bond donors (Lipinski definition) is 2. The van der Waals surface area contributed by atoms with E-state index in [0.717, 1.165) is 18.5 Å². The van der Waals surface area contributed by atoms with Gasteiger partial charge in [0.05, 0.1) is 6.61 Å². The van der Waals surface area contributed by atoms with Gasteiger partial charge in [-0.15, -0.1) is 0 Å². The van der Waals surface area contributed by atoms with Crippen LogP contribution in [0.5, 0.6) is 0 Å². The molecule has 0 fully saturated rings. The van der Waals surface area contributed by atoms with Gasteiger partial charge >= 0.3 is 0 Å². The number of ether oxygens (including phenoxy) is 1. The maximum Gasteiger partial charge on any atom is 0.128 e. The summed E-state index contributed by atoms with van der Waals surface area (Å²) in [6.07, 6.45) is 1.84. The molecule has 0 amide bonds. The van der Waals surface area contributed by atoms with Crippen molar-refractivity contribution >= 4 is 5.69 Å². The molecular formula is C13H21FN2O. The Morgan fingerprint density at radius 1 is 1.47 bits per heavy atom. The Morgan fingerprint density at radius 2 is 2.24 bits per heavy atom. The van der Waals surface area contributed by atoms with Gasteiger partial charge in [-0.25, -0.2) is 4.39 Å². The standard InChI is InChI=1S/C13H21FN2O/c1-10-5-6-11(8-13(10)14)16-12(9-17-2)4-3-7-15/h5-6,8,12,16H,3-4,7,9,15H2,1-2H3. The second kappa shape index (κ2) is 7.25. The van der Waals surface area contributed by atoms with Crippen LogP contribution in [0.4, 0.5) is 10.1 Å². The molecule has 0 aliphatic rings. The molecule has 3 N–H and O–H groups in total. The summed E-state index contributed by atoms with van der Waals surface area (Å²) < 4.78 is 18.5. The Morgan fingerprint density at radius 3 is 2.82 bits per heavy atom. The molecule has 1 unspecified atom stereocenters. The van der Waals surface area contributed by atoms with Crippen molar-refractivity contribution in [2.45, 2.75) is 25.8 Å². The first kappa shape index (κ1) is 13.9. The van der Waals surface area contributed by atoms with Crippen LogP contribution in [0.2, 0.25) is 0 Å². The van der Waals surface area contributed by atoms with Crippen LogP contribution in [0.3, 0.4) is 0 Å². The number of nitrogens with two attached hydrogens (primary N) is 1. The first-order valence-corrected chi connectivity index (χ1v) is 5.89. The van der Waals surface area contributed by atoms with Crippen molar-refractivity contribution < 1.29 is 9.13 Å². The largest absolute Gasteiger partial charge is 0.383 e. The lowest BCUT2D eigenvalue weighted by Gasteiger charge is -2.19. The first-order chi connectivity index (χ1) is 8.17. The second-order valence-electron chi connectivity index (χ2n) is 4.19. The van der Waals surface area contributed by atoms with Crippen LogP contribution in [0.25, 0.3) is 0 Å². The maximum absolute atomic E-state index is 13.4. The summed E-state index contributed by atoms with van der Waals surface area (Å²) >= 11 is 0. The van der Waals surface area contributed by atoms with Gasteiger partial charge < -0.3 is 15.8 Å². The van der Waals surface area contributed by atoms with Crippen molar-refractivity contribution in [3.05, 3.63) is 29.6 Å². The zero-order chi connectivity index (χ0) is 12.7. The molecule has 0 aromatic heterocycles. The summed E-state index contributed by atoms with van der Waals surface area (Å²) in [7, 11) is 1.66. The van der Waals surface area contributed by atoms with Crippen LogP contribution in [0.1, 0.15) is 18.4 Å². The molecular weight excluding hydrogens is 219 g/mol. The minimum absolute atomic E-state index is 0.172. The number of aryl methyl sites for hydroxylation is 1. The first-order valence-electron chi connectivity index (χ1n) is 5.89. The molecule has 4 heteroatoms. The van der Waals surface area contributed by atoms with E-state index in [1.54, 1.807) is 20.1 Å². The van der Waals surface area contributed by atoms with E-state index in [1.165, 1.54) is 6.07 Å². The van der Waals surface area contributed by atoms with E-state index in [1.807, 2.05) is 6.07 Å². The van der Waals surface area contributed by atoms with Crippen LogP contribution in [-0.2, 0) is 4.74 Å². The van der Waals surface area contributed by atoms with E-state index in [0.29, 0.717) is 18.7 Å². The lowest BCUT2D eigenvalue weighted by Crippen LogP contribution is -2.25. The molecule has 3 nitrogen and oxygen atoms in total. The number of methoxy groups -OCH3 is 1. The highest BCUT2D eigenvalue weighted by molar-refractivity contribution is 5.46. The molecule has 1 aromatic rings. The van der Waals surface area contributed by atoms with Gasteiger partial charge in [0, 0.05) is 18.8 Å². The minimum Gasteiger partial charge on any atom is -0.383 e. The minimum atomic E-state index is -0.190. The van der Waals surface area contributed by atoms with E-state index in [-0.39, 0.29) is 11.9 Å². The summed E-state index contributed by atoms with van der Waals surface area (Å²) in [5.74, 6) is -0.190. The topological polar surface area (TPSA) is 47.3 Å². The monoisotopic (exact) mass is 240 g/mol. The van der Waals surface area contributed by atoms with Gasteiger partial charge in [-0.3, -0.25) is 0 Å². The molecule has 0 saturated heterocycles. The highest BCUT2D eigenvalue weighted by atomic mass is 19.1. The number of rotatable bonds is 7. The van der Waals surface area contributed by atoms with E-state index in [2.05, 4.69) is 5.32 Å². The van der Waals surface area contributed by atoms with Crippen molar-refractivity contribution in [2.75, 3.05) is 25.6 Å². The molecule has 0 bridgehead atoms. The molecule has 0 aliphatic heterocycles. The molecule has 1 rings (SSSR count). The van der Waals surface area contributed by atoms with Crippen molar-refractivity contribution in [1.29, 1.82) is 0 Å². The third kappa shape index (κ3) is 4.71. The Hall–Kier alpha value is -1.13. The zero-order valence-corrected chi connectivity index (χ0v) is 10.5. The summed E-state index contributed by atoms with van der Waals surface area (Å²) in [6.45, 7) is 3.00. The van der Waals surface area contributed by atoms with Crippen LogP contribution in [0.15, 0.2) is 18.2 Å². The van der Waals surface area contributed by atoms with Crippen LogP contribution in [0, 0.1) is 12.7 Å². The fraction of sp³-hybridized carbons (Fsp3) is 0.538. The molecule has 1 atom stereocenters. The SMILES string of the molecule is COCC(CCCN)Nc1ccc(C)c(F)c1. The third-order valence-corrected chi connectivity index (χ3v) is 2.67. The van der Waals surface area contributed by atoms with E-state index >= 15 is 0 Å². The summed E-state index contributed by atoms with van der Waals surface area (Å²) in [5, 5.41) is 3.26. The van der Waals surface area contributed by atoms with Crippen molar-refractivity contribution in [3.8, 4) is 0 Å². The Labute approximate surface area is 102 Å². The van der Waals surface area contributed by atoms with E-state index in [9.17, 15) is 4.39 Å². The van der Waals surface area contributed by atoms with Crippen molar-refractivity contribution in [2.24, 2.45) is 5.73 Å². The number of halogens is 1. The highest BCUT2D eigenvalue weighted by Gasteiger charge is 2.08. The van der Waals surface area contributed by atoms with E-state index in [4.69, 9.17) is 10.5 Å². The second-order valence-corrected chi connectivity index (χ2v) is 4.19. The molecule has 0 aliphatic carbocycles. The molecule has 1 aromatic carbocycles. The summed E-state index contributed by atoms with van der Waals surface area (Å²) in [6, 6.07) is 5.33. The van der Waals surface area contributed by atoms with Gasteiger partial charge in [-0.2, -0.15) is 0 Å². The van der Waals surface area contributed by atoms with Gasteiger partial charge in [0.15, 0.2) is 0 Å². The van der Waals surface area contributed by atoms with Crippen molar-refractivity contribution in [3.63, 3.8) is 0 Å². The molecule has 0 saturated carbocycles. The highest BCUT2D eigenvalue weighted by Crippen LogP contribution is 2.15. The van der Waals surface area contributed by atoms with Gasteiger partial charge in [0.25, 0.3) is 0 Å². The van der Waals surface area contributed by atoms with Gasteiger partial charge in [-0.1, -0.05) is 6.07 Å². The quantitative estimate of drug-likeness (QED) is 0.768. The average Bonchev–Trinajstić information content (AvgIpc) is 2.31. The zero-order valence-electron chi connectivity index (χ0n) is 10.5. The van der Waals surface area contributed by atoms with Gasteiger partial charge in [0.1, 0.15) is 5.82 Å². The molecule has 0 heterocycles. The van der Waals surface area contributed by atoms with E-state index < -0.39 is 0 Å². The molecule has 17 heavy (non-hydrogen) atoms. The molecule has 0 spiro atoms. The average molecular weight is 240 g/mol.